The van der Waals surface area contributed by atoms with E-state index in [1.165, 1.54) is 5.56 Å². The van der Waals surface area contributed by atoms with Crippen molar-refractivity contribution in [1.82, 2.24) is 4.98 Å². The van der Waals surface area contributed by atoms with Crippen molar-refractivity contribution >= 4 is 21.7 Å². The Hall–Kier alpha value is -0.610. The van der Waals surface area contributed by atoms with Gasteiger partial charge in [0.05, 0.1) is 19.3 Å². The minimum atomic E-state index is 0.418. The summed E-state index contributed by atoms with van der Waals surface area (Å²) < 4.78 is 5.40. The third-order valence-corrected chi connectivity index (χ3v) is 3.27. The average molecular weight is 271 g/mol. The molecule has 15 heavy (non-hydrogen) atoms. The summed E-state index contributed by atoms with van der Waals surface area (Å²) in [4.78, 5) is 6.76. The van der Waals surface area contributed by atoms with Gasteiger partial charge < -0.3 is 9.64 Å². The van der Waals surface area contributed by atoms with Crippen molar-refractivity contribution in [3.8, 4) is 0 Å². The molecule has 2 rings (SSSR count). The number of alkyl halides is 1. The molecule has 1 aromatic heterocycles. The Balaban J connectivity index is 2.13. The van der Waals surface area contributed by atoms with E-state index in [9.17, 15) is 0 Å². The first-order valence-corrected chi connectivity index (χ1v) is 6.28. The number of rotatable bonds is 2. The molecule has 3 nitrogen and oxygen atoms in total. The molecule has 0 spiro atoms. The van der Waals surface area contributed by atoms with Crippen LogP contribution in [0.5, 0.6) is 0 Å². The first kappa shape index (κ1) is 10.9. The van der Waals surface area contributed by atoms with Crippen molar-refractivity contribution in [2.45, 2.75) is 18.3 Å². The molecule has 0 saturated carbocycles. The van der Waals surface area contributed by atoms with Gasteiger partial charge in [-0.1, -0.05) is 22.0 Å². The summed E-state index contributed by atoms with van der Waals surface area (Å²) in [6.45, 7) is 4.69. The zero-order valence-electron chi connectivity index (χ0n) is 8.82. The van der Waals surface area contributed by atoms with Crippen LogP contribution in [-0.2, 0) is 10.1 Å². The lowest BCUT2D eigenvalue weighted by Gasteiger charge is -2.34. The number of morpholine rings is 1. The van der Waals surface area contributed by atoms with E-state index in [-0.39, 0.29) is 0 Å². The summed E-state index contributed by atoms with van der Waals surface area (Å²) in [5.41, 5.74) is 1.21. The molecule has 4 heteroatoms. The maximum atomic E-state index is 5.40. The van der Waals surface area contributed by atoms with Crippen molar-refractivity contribution in [1.29, 1.82) is 0 Å². The number of nitrogens with zero attached hydrogens (tertiary/aromatic N) is 2. The Labute approximate surface area is 98.6 Å². The van der Waals surface area contributed by atoms with E-state index in [2.05, 4.69) is 44.9 Å². The fourth-order valence-electron chi connectivity index (χ4n) is 1.73. The average Bonchev–Trinajstić information content (AvgIpc) is 2.30. The molecule has 1 aliphatic rings. The van der Waals surface area contributed by atoms with Crippen LogP contribution in [0.3, 0.4) is 0 Å². The highest BCUT2D eigenvalue weighted by Crippen LogP contribution is 2.17. The van der Waals surface area contributed by atoms with Crippen LogP contribution in [-0.4, -0.2) is 30.8 Å². The van der Waals surface area contributed by atoms with Crippen LogP contribution in [0.15, 0.2) is 18.3 Å². The van der Waals surface area contributed by atoms with Crippen molar-refractivity contribution in [3.63, 3.8) is 0 Å². The second-order valence-electron chi connectivity index (χ2n) is 3.78. The van der Waals surface area contributed by atoms with E-state index < -0.39 is 0 Å². The lowest BCUT2D eigenvalue weighted by molar-refractivity contribution is 0.0985. The second kappa shape index (κ2) is 4.94. The molecule has 1 unspecified atom stereocenters. The van der Waals surface area contributed by atoms with E-state index >= 15 is 0 Å². The molecule has 0 radical (unpaired) electrons. The number of pyridine rings is 1. The van der Waals surface area contributed by atoms with Gasteiger partial charge >= 0.3 is 0 Å². The standard InChI is InChI=1S/C11H15BrN2O/c1-9-8-15-5-4-14(9)11-3-2-10(6-12)7-13-11/h2-3,7,9H,4-6,8H2,1H3. The molecule has 0 amide bonds. The zero-order valence-corrected chi connectivity index (χ0v) is 10.4. The van der Waals surface area contributed by atoms with Crippen LogP contribution in [0.4, 0.5) is 5.82 Å². The largest absolute Gasteiger partial charge is 0.377 e. The predicted octanol–water partition coefficient (Wildman–Crippen LogP) is 2.20. The molecule has 2 heterocycles. The van der Waals surface area contributed by atoms with Crippen molar-refractivity contribution < 1.29 is 4.74 Å². The van der Waals surface area contributed by atoms with Gasteiger partial charge in [0.15, 0.2) is 0 Å². The Morgan fingerprint density at radius 1 is 1.60 bits per heavy atom. The molecular weight excluding hydrogens is 256 g/mol. The van der Waals surface area contributed by atoms with Crippen LogP contribution in [0.2, 0.25) is 0 Å². The molecular formula is C11H15BrN2O. The Kier molecular flexibility index (Phi) is 3.59. The van der Waals surface area contributed by atoms with Crippen molar-refractivity contribution in [2.75, 3.05) is 24.7 Å². The van der Waals surface area contributed by atoms with Crippen molar-refractivity contribution in [2.24, 2.45) is 0 Å². The molecule has 1 aliphatic heterocycles. The first-order chi connectivity index (χ1) is 7.31. The van der Waals surface area contributed by atoms with Crippen LogP contribution in [0.1, 0.15) is 12.5 Å². The summed E-state index contributed by atoms with van der Waals surface area (Å²) in [6, 6.07) is 4.61. The number of halogens is 1. The summed E-state index contributed by atoms with van der Waals surface area (Å²) in [5, 5.41) is 0.860. The van der Waals surface area contributed by atoms with Gasteiger partial charge in [-0.2, -0.15) is 0 Å². The van der Waals surface area contributed by atoms with Crippen molar-refractivity contribution in [3.05, 3.63) is 23.9 Å². The van der Waals surface area contributed by atoms with Gasteiger partial charge in [0.1, 0.15) is 5.82 Å². The summed E-state index contributed by atoms with van der Waals surface area (Å²) >= 11 is 3.42. The highest BCUT2D eigenvalue weighted by atomic mass is 79.9. The summed E-state index contributed by atoms with van der Waals surface area (Å²) in [5.74, 6) is 1.05. The van der Waals surface area contributed by atoms with Gasteiger partial charge in [-0.05, 0) is 18.6 Å². The predicted molar refractivity (Wildman–Crippen MR) is 64.5 cm³/mol. The smallest absolute Gasteiger partial charge is 0.128 e. The molecule has 82 valence electrons. The minimum absolute atomic E-state index is 0.418. The number of hydrogen-bond acceptors (Lipinski definition) is 3. The third-order valence-electron chi connectivity index (χ3n) is 2.63. The van der Waals surface area contributed by atoms with Gasteiger partial charge in [-0.25, -0.2) is 4.98 Å². The minimum Gasteiger partial charge on any atom is -0.377 e. The maximum absolute atomic E-state index is 5.40. The van der Waals surface area contributed by atoms with Gasteiger partial charge in [-0.15, -0.1) is 0 Å². The summed E-state index contributed by atoms with van der Waals surface area (Å²) in [7, 11) is 0. The van der Waals surface area contributed by atoms with Crippen LogP contribution in [0.25, 0.3) is 0 Å². The molecule has 0 bridgehead atoms. The lowest BCUT2D eigenvalue weighted by atomic mass is 10.2. The van der Waals surface area contributed by atoms with Gasteiger partial charge in [-0.3, -0.25) is 0 Å². The quantitative estimate of drug-likeness (QED) is 0.771. The highest BCUT2D eigenvalue weighted by molar-refractivity contribution is 9.08. The van der Waals surface area contributed by atoms with Gasteiger partial charge in [0.25, 0.3) is 0 Å². The fourth-order valence-corrected chi connectivity index (χ4v) is 2.06. The monoisotopic (exact) mass is 270 g/mol. The van der Waals surface area contributed by atoms with Crippen LogP contribution >= 0.6 is 15.9 Å². The Morgan fingerprint density at radius 2 is 2.47 bits per heavy atom. The molecule has 0 aromatic carbocycles. The number of hydrogen-bond donors (Lipinski definition) is 0. The molecule has 1 fully saturated rings. The van der Waals surface area contributed by atoms with E-state index in [1.807, 2.05) is 6.20 Å². The topological polar surface area (TPSA) is 25.4 Å². The lowest BCUT2D eigenvalue weighted by Crippen LogP contribution is -2.44. The van der Waals surface area contributed by atoms with E-state index in [0.29, 0.717) is 6.04 Å². The second-order valence-corrected chi connectivity index (χ2v) is 4.34. The molecule has 0 N–H and O–H groups in total. The maximum Gasteiger partial charge on any atom is 0.128 e. The van der Waals surface area contributed by atoms with Gasteiger partial charge in [0.2, 0.25) is 0 Å². The Bertz CT molecular complexity index is 315. The SMILES string of the molecule is CC1COCCN1c1ccc(CBr)cn1. The summed E-state index contributed by atoms with van der Waals surface area (Å²) in [6.07, 6.45) is 1.92. The normalized spacial score (nSPS) is 21.7. The van der Waals surface area contributed by atoms with E-state index in [0.717, 1.165) is 30.9 Å². The fraction of sp³-hybridized carbons (Fsp3) is 0.545. The first-order valence-electron chi connectivity index (χ1n) is 5.16. The molecule has 1 aromatic rings. The van der Waals surface area contributed by atoms with E-state index in [4.69, 9.17) is 4.74 Å². The van der Waals surface area contributed by atoms with Crippen LogP contribution in [0, 0.1) is 0 Å². The molecule has 1 saturated heterocycles. The number of anilines is 1. The number of ether oxygens (including phenoxy) is 1. The molecule has 1 atom stereocenters. The Morgan fingerprint density at radius 3 is 3.07 bits per heavy atom. The number of aromatic nitrogens is 1. The third kappa shape index (κ3) is 2.49. The highest BCUT2D eigenvalue weighted by Gasteiger charge is 2.19. The van der Waals surface area contributed by atoms with Crippen LogP contribution < -0.4 is 4.90 Å². The van der Waals surface area contributed by atoms with E-state index in [1.54, 1.807) is 0 Å². The zero-order chi connectivity index (χ0) is 10.7. The van der Waals surface area contributed by atoms with Gasteiger partial charge in [0, 0.05) is 18.1 Å². The molecule has 0 aliphatic carbocycles.